The number of nitrogens with one attached hydrogen (secondary N) is 2. The van der Waals surface area contributed by atoms with E-state index < -0.39 is 0 Å². The van der Waals surface area contributed by atoms with Crippen LogP contribution in [0.1, 0.15) is 41.7 Å². The quantitative estimate of drug-likeness (QED) is 0.167. The Morgan fingerprint density at radius 3 is 2.57 bits per heavy atom. The summed E-state index contributed by atoms with van der Waals surface area (Å²) >= 11 is 3.38. The normalized spacial score (nSPS) is 11.6. The van der Waals surface area contributed by atoms with E-state index in [1.807, 2.05) is 20.1 Å². The number of nitrogens with zero attached hydrogens (tertiary/aromatic N) is 5. The van der Waals surface area contributed by atoms with Crippen LogP contribution < -0.4 is 10.6 Å². The predicted octanol–water partition coefficient (Wildman–Crippen LogP) is 3.65. The molecule has 2 rings (SSSR count). The number of guanidine groups is 1. The van der Waals surface area contributed by atoms with Gasteiger partial charge in [0.05, 0.1) is 17.2 Å². The second-order valence-corrected chi connectivity index (χ2v) is 8.87. The molecule has 0 radical (unpaired) electrons. The first kappa shape index (κ1) is 25.2. The number of halogens is 1. The minimum Gasteiger partial charge on any atom is -0.356 e. The van der Waals surface area contributed by atoms with E-state index in [0.29, 0.717) is 5.92 Å². The van der Waals surface area contributed by atoms with Gasteiger partial charge in [-0.25, -0.2) is 4.98 Å². The fourth-order valence-electron chi connectivity index (χ4n) is 2.78. The lowest BCUT2D eigenvalue weighted by Crippen LogP contribution is -2.37. The number of hydrogen-bond acceptors (Lipinski definition) is 6. The molecular weight excluding hydrogens is 505 g/mol. The van der Waals surface area contributed by atoms with E-state index in [1.165, 1.54) is 4.88 Å². The van der Waals surface area contributed by atoms with Crippen LogP contribution >= 0.6 is 47.1 Å². The van der Waals surface area contributed by atoms with Crippen molar-refractivity contribution in [2.75, 3.05) is 19.8 Å². The summed E-state index contributed by atoms with van der Waals surface area (Å²) in [4.78, 5) is 10.0. The van der Waals surface area contributed by atoms with E-state index in [-0.39, 0.29) is 24.0 Å². The van der Waals surface area contributed by atoms with Crippen LogP contribution in [0.3, 0.4) is 0 Å². The van der Waals surface area contributed by atoms with Crippen LogP contribution in [0.2, 0.25) is 0 Å². The summed E-state index contributed by atoms with van der Waals surface area (Å²) in [6.07, 6.45) is 3.93. The fourth-order valence-corrected chi connectivity index (χ4v) is 4.18. The summed E-state index contributed by atoms with van der Waals surface area (Å²) < 4.78 is 2.25. The molecule has 0 amide bonds. The van der Waals surface area contributed by atoms with Crippen molar-refractivity contribution in [3.05, 3.63) is 21.4 Å². The summed E-state index contributed by atoms with van der Waals surface area (Å²) in [5, 5.41) is 17.5. The third-order valence-electron chi connectivity index (χ3n) is 4.03. The van der Waals surface area contributed by atoms with Crippen molar-refractivity contribution >= 4 is 53.0 Å². The zero-order valence-corrected chi connectivity index (χ0v) is 21.5. The molecule has 2 aromatic heterocycles. The Bertz CT molecular complexity index is 755. The van der Waals surface area contributed by atoms with E-state index in [0.717, 1.165) is 60.1 Å². The summed E-state index contributed by atoms with van der Waals surface area (Å²) in [5.41, 5.74) is 1.09. The van der Waals surface area contributed by atoms with Gasteiger partial charge in [-0.05, 0) is 32.4 Å². The Kier molecular flexibility index (Phi) is 11.4. The van der Waals surface area contributed by atoms with Gasteiger partial charge < -0.3 is 15.2 Å². The number of hydrogen-bond donors (Lipinski definition) is 2. The largest absolute Gasteiger partial charge is 0.356 e. The number of thioether (sulfide) groups is 1. The Morgan fingerprint density at radius 1 is 1.25 bits per heavy atom. The first-order valence-corrected chi connectivity index (χ1v) is 11.3. The number of aliphatic imine (C=N–C) groups is 1. The van der Waals surface area contributed by atoms with E-state index in [1.54, 1.807) is 30.1 Å². The molecule has 0 unspecified atom stereocenters. The van der Waals surface area contributed by atoms with Gasteiger partial charge in [-0.2, -0.15) is 0 Å². The van der Waals surface area contributed by atoms with Gasteiger partial charge in [0.15, 0.2) is 11.1 Å². The van der Waals surface area contributed by atoms with Crippen molar-refractivity contribution in [2.45, 2.75) is 58.8 Å². The zero-order chi connectivity index (χ0) is 19.8. The topological polar surface area (TPSA) is 80.0 Å². The maximum Gasteiger partial charge on any atom is 0.191 e. The summed E-state index contributed by atoms with van der Waals surface area (Å²) in [6, 6.07) is 0. The predicted molar refractivity (Wildman–Crippen MR) is 130 cm³/mol. The molecule has 7 nitrogen and oxygen atoms in total. The van der Waals surface area contributed by atoms with Gasteiger partial charge in [0.1, 0.15) is 5.82 Å². The number of thiazole rings is 1. The van der Waals surface area contributed by atoms with E-state index >= 15 is 0 Å². The molecule has 0 fully saturated rings. The third kappa shape index (κ3) is 7.51. The van der Waals surface area contributed by atoms with Crippen molar-refractivity contribution < 1.29 is 0 Å². The number of aryl methyl sites for hydroxylation is 3. The Balaban J connectivity index is 0.00000392. The number of aromatic nitrogens is 4. The van der Waals surface area contributed by atoms with Crippen LogP contribution in [0.15, 0.2) is 10.1 Å². The monoisotopic (exact) mass is 537 g/mol. The van der Waals surface area contributed by atoms with Crippen molar-refractivity contribution in [1.29, 1.82) is 0 Å². The van der Waals surface area contributed by atoms with Crippen molar-refractivity contribution in [3.63, 3.8) is 0 Å². The molecule has 10 heteroatoms. The highest BCUT2D eigenvalue weighted by Gasteiger charge is 2.12. The average Bonchev–Trinajstić information content (AvgIpc) is 3.15. The lowest BCUT2D eigenvalue weighted by molar-refractivity contribution is 0.477. The highest BCUT2D eigenvalue weighted by atomic mass is 127. The smallest absolute Gasteiger partial charge is 0.191 e. The zero-order valence-electron chi connectivity index (χ0n) is 17.6. The van der Waals surface area contributed by atoms with Crippen LogP contribution in [0.4, 0.5) is 0 Å². The van der Waals surface area contributed by atoms with Crippen molar-refractivity contribution in [3.8, 4) is 0 Å². The van der Waals surface area contributed by atoms with Crippen molar-refractivity contribution in [1.82, 2.24) is 30.4 Å². The van der Waals surface area contributed by atoms with Gasteiger partial charge in [0, 0.05) is 31.4 Å². The van der Waals surface area contributed by atoms with Crippen LogP contribution in [-0.2, 0) is 19.5 Å². The Labute approximate surface area is 193 Å². The number of rotatable bonds is 9. The molecule has 0 bridgehead atoms. The summed E-state index contributed by atoms with van der Waals surface area (Å²) in [6.45, 7) is 11.1. The van der Waals surface area contributed by atoms with E-state index in [4.69, 9.17) is 0 Å². The standard InChI is InChI=1S/C18H31N7S2.HI/c1-12(2)11-25-16(23-24-18(25)26-6)8-7-9-20-17(19-5)21-10-15-13(3)22-14(4)27-15;/h12H,7-11H2,1-6H3,(H2,19,20,21);1H. The highest BCUT2D eigenvalue weighted by molar-refractivity contribution is 14.0. The molecule has 0 aliphatic heterocycles. The second kappa shape index (κ2) is 12.6. The third-order valence-corrected chi connectivity index (χ3v) is 5.77. The molecule has 158 valence electrons. The molecule has 0 saturated heterocycles. The summed E-state index contributed by atoms with van der Waals surface area (Å²) in [5.74, 6) is 2.45. The minimum absolute atomic E-state index is 0. The minimum atomic E-state index is 0. The molecule has 28 heavy (non-hydrogen) atoms. The SMILES string of the molecule is CN=C(NCCCc1nnc(SC)n1CC(C)C)NCc1sc(C)nc1C.I. The second-order valence-electron chi connectivity index (χ2n) is 6.80. The molecule has 0 aliphatic rings. The molecular formula is C18H32IN7S2. The first-order valence-electron chi connectivity index (χ1n) is 9.28. The first-order chi connectivity index (χ1) is 12.9. The van der Waals surface area contributed by atoms with Gasteiger partial charge in [0.25, 0.3) is 0 Å². The Morgan fingerprint density at radius 2 is 2.00 bits per heavy atom. The van der Waals surface area contributed by atoms with E-state index in [9.17, 15) is 0 Å². The van der Waals surface area contributed by atoms with Gasteiger partial charge in [-0.3, -0.25) is 4.99 Å². The molecule has 0 spiro atoms. The van der Waals surface area contributed by atoms with Crippen LogP contribution in [0.25, 0.3) is 0 Å². The lowest BCUT2D eigenvalue weighted by Gasteiger charge is -2.13. The molecule has 0 atom stereocenters. The van der Waals surface area contributed by atoms with Gasteiger partial charge in [-0.1, -0.05) is 25.6 Å². The Hall–Kier alpha value is -0.880. The van der Waals surface area contributed by atoms with Gasteiger partial charge >= 0.3 is 0 Å². The maximum atomic E-state index is 4.46. The lowest BCUT2D eigenvalue weighted by atomic mass is 10.2. The molecule has 0 aromatic carbocycles. The van der Waals surface area contributed by atoms with Gasteiger partial charge in [0.2, 0.25) is 0 Å². The van der Waals surface area contributed by atoms with Crippen LogP contribution in [-0.4, -0.2) is 45.6 Å². The van der Waals surface area contributed by atoms with Crippen LogP contribution in [0.5, 0.6) is 0 Å². The molecule has 0 saturated carbocycles. The maximum absolute atomic E-state index is 4.46. The highest BCUT2D eigenvalue weighted by Crippen LogP contribution is 2.17. The fraction of sp³-hybridized carbons (Fsp3) is 0.667. The van der Waals surface area contributed by atoms with Crippen LogP contribution in [0, 0.1) is 19.8 Å². The molecule has 2 aromatic rings. The van der Waals surface area contributed by atoms with Crippen molar-refractivity contribution in [2.24, 2.45) is 10.9 Å². The molecule has 2 N–H and O–H groups in total. The molecule has 0 aliphatic carbocycles. The van der Waals surface area contributed by atoms with E-state index in [2.05, 4.69) is 49.2 Å². The molecule has 2 heterocycles. The average molecular weight is 538 g/mol. The van der Waals surface area contributed by atoms with Gasteiger partial charge in [-0.15, -0.1) is 45.5 Å². The summed E-state index contributed by atoms with van der Waals surface area (Å²) in [7, 11) is 1.80.